The van der Waals surface area contributed by atoms with Crippen LogP contribution < -0.4 is 5.32 Å². The van der Waals surface area contributed by atoms with Crippen LogP contribution in [0.4, 0.5) is 10.5 Å². The van der Waals surface area contributed by atoms with Crippen LogP contribution in [0.5, 0.6) is 5.75 Å². The fraction of sp³-hybridized carbons (Fsp3) is 0.385. The van der Waals surface area contributed by atoms with Crippen LogP contribution in [0, 0.1) is 0 Å². The minimum absolute atomic E-state index is 0.0953. The van der Waals surface area contributed by atoms with E-state index < -0.39 is 17.7 Å². The van der Waals surface area contributed by atoms with Gasteiger partial charge in [-0.1, -0.05) is 15.9 Å². The minimum atomic E-state index is -0.763. The summed E-state index contributed by atoms with van der Waals surface area (Å²) in [5.74, 6) is -1.07. The third kappa shape index (κ3) is 4.41. The molecule has 0 saturated carbocycles. The van der Waals surface area contributed by atoms with Crippen LogP contribution in [0.2, 0.25) is 0 Å². The van der Waals surface area contributed by atoms with Crippen LogP contribution in [0.3, 0.4) is 0 Å². The molecule has 0 aliphatic carbocycles. The molecule has 6 nitrogen and oxygen atoms in total. The molecule has 1 rings (SSSR count). The highest BCUT2D eigenvalue weighted by Crippen LogP contribution is 2.31. The second kappa shape index (κ2) is 6.13. The van der Waals surface area contributed by atoms with E-state index in [0.29, 0.717) is 4.47 Å². The molecular weight excluding hydrogens is 330 g/mol. The van der Waals surface area contributed by atoms with E-state index in [2.05, 4.69) is 26.0 Å². The van der Waals surface area contributed by atoms with Crippen molar-refractivity contribution in [3.8, 4) is 5.75 Å². The van der Waals surface area contributed by atoms with E-state index in [1.54, 1.807) is 20.8 Å². The quantitative estimate of drug-likeness (QED) is 0.803. The molecule has 0 fully saturated rings. The van der Waals surface area contributed by atoms with Gasteiger partial charge in [-0.3, -0.25) is 5.32 Å². The molecule has 0 radical (unpaired) electrons. The van der Waals surface area contributed by atoms with Gasteiger partial charge in [0.05, 0.1) is 12.8 Å². The standard InChI is InChI=1S/C13H16BrNO5/c1-13(2,3)20-12(18)15-8-5-7(14)6-9(16)10(8)11(17)19-4/h5-6,16H,1-4H3,(H,15,18). The van der Waals surface area contributed by atoms with Crippen molar-refractivity contribution in [2.45, 2.75) is 26.4 Å². The summed E-state index contributed by atoms with van der Waals surface area (Å²) in [4.78, 5) is 23.4. The van der Waals surface area contributed by atoms with E-state index >= 15 is 0 Å². The molecule has 0 heterocycles. The van der Waals surface area contributed by atoms with Crippen LogP contribution in [0.1, 0.15) is 31.1 Å². The maximum absolute atomic E-state index is 11.7. The van der Waals surface area contributed by atoms with Crippen LogP contribution in [-0.4, -0.2) is 29.9 Å². The van der Waals surface area contributed by atoms with E-state index in [4.69, 9.17) is 4.74 Å². The number of halogens is 1. The molecule has 0 aromatic heterocycles. The van der Waals surface area contributed by atoms with E-state index in [9.17, 15) is 14.7 Å². The van der Waals surface area contributed by atoms with Crippen molar-refractivity contribution in [1.29, 1.82) is 0 Å². The first kappa shape index (κ1) is 16.3. The molecule has 0 aliphatic heterocycles. The van der Waals surface area contributed by atoms with Crippen molar-refractivity contribution in [2.24, 2.45) is 0 Å². The summed E-state index contributed by atoms with van der Waals surface area (Å²) in [5.41, 5.74) is -0.719. The Bertz CT molecular complexity index is 536. The van der Waals surface area contributed by atoms with Gasteiger partial charge in [-0.15, -0.1) is 0 Å². The molecule has 110 valence electrons. The molecular formula is C13H16BrNO5. The summed E-state index contributed by atoms with van der Waals surface area (Å²) in [6.07, 6.45) is -0.736. The molecule has 0 atom stereocenters. The zero-order valence-corrected chi connectivity index (χ0v) is 13.2. The van der Waals surface area contributed by atoms with Crippen molar-refractivity contribution in [3.63, 3.8) is 0 Å². The molecule has 7 heteroatoms. The van der Waals surface area contributed by atoms with Crippen LogP contribution in [-0.2, 0) is 9.47 Å². The normalized spacial score (nSPS) is 10.8. The van der Waals surface area contributed by atoms with Crippen molar-refractivity contribution < 1.29 is 24.2 Å². The number of nitrogens with one attached hydrogen (secondary N) is 1. The summed E-state index contributed by atoms with van der Waals surface area (Å²) in [6.45, 7) is 5.14. The number of phenolic OH excluding ortho intramolecular Hbond substituents is 1. The Balaban J connectivity index is 3.11. The van der Waals surface area contributed by atoms with Crippen LogP contribution in [0.15, 0.2) is 16.6 Å². The van der Waals surface area contributed by atoms with Gasteiger partial charge in [0.2, 0.25) is 0 Å². The Morgan fingerprint density at radius 1 is 1.30 bits per heavy atom. The molecule has 1 aromatic carbocycles. The second-order valence-electron chi connectivity index (χ2n) is 4.97. The van der Waals surface area contributed by atoms with Gasteiger partial charge in [0.1, 0.15) is 16.9 Å². The third-order valence-electron chi connectivity index (χ3n) is 2.11. The number of methoxy groups -OCH3 is 1. The zero-order valence-electron chi connectivity index (χ0n) is 11.6. The van der Waals surface area contributed by atoms with E-state index in [1.165, 1.54) is 19.2 Å². The number of phenols is 1. The summed E-state index contributed by atoms with van der Waals surface area (Å²) >= 11 is 3.17. The Hall–Kier alpha value is -1.76. The lowest BCUT2D eigenvalue weighted by Crippen LogP contribution is -2.27. The van der Waals surface area contributed by atoms with Crippen molar-refractivity contribution >= 4 is 33.7 Å². The summed E-state index contributed by atoms with van der Waals surface area (Å²) in [7, 11) is 1.18. The van der Waals surface area contributed by atoms with Crippen molar-refractivity contribution in [1.82, 2.24) is 0 Å². The Morgan fingerprint density at radius 3 is 2.40 bits per heavy atom. The van der Waals surface area contributed by atoms with E-state index in [0.717, 1.165) is 0 Å². The second-order valence-corrected chi connectivity index (χ2v) is 5.88. The largest absolute Gasteiger partial charge is 0.507 e. The Kier molecular flexibility index (Phi) is 4.99. The number of benzene rings is 1. The molecule has 0 aliphatic rings. The van der Waals surface area contributed by atoms with Crippen molar-refractivity contribution in [2.75, 3.05) is 12.4 Å². The molecule has 20 heavy (non-hydrogen) atoms. The predicted molar refractivity (Wildman–Crippen MR) is 77.0 cm³/mol. The number of hydrogen-bond donors (Lipinski definition) is 2. The third-order valence-corrected chi connectivity index (χ3v) is 2.57. The van der Waals surface area contributed by atoms with Gasteiger partial charge in [0.15, 0.2) is 0 Å². The topological polar surface area (TPSA) is 84.9 Å². The molecule has 0 unspecified atom stereocenters. The molecule has 0 saturated heterocycles. The molecule has 0 spiro atoms. The molecule has 2 N–H and O–H groups in total. The molecule has 1 aromatic rings. The van der Waals surface area contributed by atoms with Gasteiger partial charge < -0.3 is 14.6 Å². The van der Waals surface area contributed by atoms with Gasteiger partial charge >= 0.3 is 12.1 Å². The first-order valence-corrected chi connectivity index (χ1v) is 6.54. The van der Waals surface area contributed by atoms with Crippen LogP contribution >= 0.6 is 15.9 Å². The number of hydrogen-bond acceptors (Lipinski definition) is 5. The van der Waals surface area contributed by atoms with Crippen molar-refractivity contribution in [3.05, 3.63) is 22.2 Å². The van der Waals surface area contributed by atoms with Gasteiger partial charge in [0, 0.05) is 4.47 Å². The fourth-order valence-electron chi connectivity index (χ4n) is 1.42. The Morgan fingerprint density at radius 2 is 1.90 bits per heavy atom. The number of esters is 1. The van der Waals surface area contributed by atoms with E-state index in [1.807, 2.05) is 0 Å². The average molecular weight is 346 g/mol. The number of carbonyl (C=O) groups is 2. The maximum atomic E-state index is 11.7. The SMILES string of the molecule is COC(=O)c1c(O)cc(Br)cc1NC(=O)OC(C)(C)C. The highest BCUT2D eigenvalue weighted by molar-refractivity contribution is 9.10. The van der Waals surface area contributed by atoms with Gasteiger partial charge in [-0.2, -0.15) is 0 Å². The number of rotatable bonds is 2. The lowest BCUT2D eigenvalue weighted by Gasteiger charge is -2.20. The van der Waals surface area contributed by atoms with Gasteiger partial charge in [-0.25, -0.2) is 9.59 Å². The lowest BCUT2D eigenvalue weighted by atomic mass is 10.1. The smallest absolute Gasteiger partial charge is 0.412 e. The lowest BCUT2D eigenvalue weighted by molar-refractivity contribution is 0.0598. The highest BCUT2D eigenvalue weighted by atomic mass is 79.9. The molecule has 0 bridgehead atoms. The predicted octanol–water partition coefficient (Wildman–Crippen LogP) is 3.29. The first-order valence-electron chi connectivity index (χ1n) is 5.75. The average Bonchev–Trinajstić information content (AvgIpc) is 2.24. The summed E-state index contributed by atoms with van der Waals surface area (Å²) in [5, 5.41) is 12.2. The summed E-state index contributed by atoms with van der Waals surface area (Å²) < 4.78 is 10.2. The van der Waals surface area contributed by atoms with Gasteiger partial charge in [-0.05, 0) is 32.9 Å². The minimum Gasteiger partial charge on any atom is -0.507 e. The Labute approximate surface area is 125 Å². The van der Waals surface area contributed by atoms with E-state index in [-0.39, 0.29) is 17.0 Å². The first-order chi connectivity index (χ1) is 9.14. The fourth-order valence-corrected chi connectivity index (χ4v) is 1.87. The van der Waals surface area contributed by atoms with Gasteiger partial charge in [0.25, 0.3) is 0 Å². The summed E-state index contributed by atoms with van der Waals surface area (Å²) in [6, 6.07) is 2.79. The number of ether oxygens (including phenoxy) is 2. The monoisotopic (exact) mass is 345 g/mol. The maximum Gasteiger partial charge on any atom is 0.412 e. The zero-order chi connectivity index (χ0) is 15.5. The number of aromatic hydroxyl groups is 1. The number of amides is 1. The highest BCUT2D eigenvalue weighted by Gasteiger charge is 2.22. The van der Waals surface area contributed by atoms with Crippen LogP contribution in [0.25, 0.3) is 0 Å². The number of carbonyl (C=O) groups excluding carboxylic acids is 2. The molecule has 1 amide bonds. The number of anilines is 1.